The molecule has 0 bridgehead atoms. The molecule has 0 amide bonds. The Bertz CT molecular complexity index is 188. The van der Waals surface area contributed by atoms with E-state index in [1.165, 1.54) is 0 Å². The van der Waals surface area contributed by atoms with Gasteiger partial charge in [0, 0.05) is 12.8 Å². The van der Waals surface area contributed by atoms with E-state index in [1.54, 1.807) is 6.92 Å². The Morgan fingerprint density at radius 1 is 1.36 bits per heavy atom. The first-order valence-corrected chi connectivity index (χ1v) is 4.58. The third-order valence-corrected chi connectivity index (χ3v) is 1.56. The van der Waals surface area contributed by atoms with Gasteiger partial charge in [-0.1, -0.05) is 0 Å². The third kappa shape index (κ3) is 8.99. The summed E-state index contributed by atoms with van der Waals surface area (Å²) in [4.78, 5) is 21.0. The van der Waals surface area contributed by atoms with Crippen molar-refractivity contribution in [2.45, 2.75) is 38.7 Å². The van der Waals surface area contributed by atoms with Crippen LogP contribution in [0.5, 0.6) is 0 Å². The van der Waals surface area contributed by atoms with Crippen molar-refractivity contribution in [3.05, 3.63) is 0 Å². The van der Waals surface area contributed by atoms with Crippen LogP contribution in [0.25, 0.3) is 0 Å². The highest BCUT2D eigenvalue weighted by Gasteiger charge is 2.05. The summed E-state index contributed by atoms with van der Waals surface area (Å²) in [7, 11) is 0. The van der Waals surface area contributed by atoms with Gasteiger partial charge in [-0.05, 0) is 19.8 Å². The smallest absolute Gasteiger partial charge is 0.305 e. The number of ether oxygens (including phenoxy) is 1. The van der Waals surface area contributed by atoms with Crippen molar-refractivity contribution >= 4 is 11.9 Å². The highest BCUT2D eigenvalue weighted by Crippen LogP contribution is 1.99. The number of aliphatic hydroxyl groups excluding tert-OH is 1. The summed E-state index contributed by atoms with van der Waals surface area (Å²) in [6.07, 6.45) is 0.364. The van der Waals surface area contributed by atoms with Gasteiger partial charge in [0.25, 0.3) is 0 Å². The van der Waals surface area contributed by atoms with E-state index in [2.05, 4.69) is 0 Å². The van der Waals surface area contributed by atoms with Crippen LogP contribution in [0.2, 0.25) is 0 Å². The normalized spacial score (nSPS) is 12.1. The summed E-state index contributed by atoms with van der Waals surface area (Å²) in [6, 6.07) is 0. The van der Waals surface area contributed by atoms with Crippen molar-refractivity contribution in [2.75, 3.05) is 6.61 Å². The second-order valence-corrected chi connectivity index (χ2v) is 3.11. The Labute approximate surface area is 82.7 Å². The van der Waals surface area contributed by atoms with Gasteiger partial charge in [0.2, 0.25) is 0 Å². The van der Waals surface area contributed by atoms with Crippen LogP contribution in [0.1, 0.15) is 32.6 Å². The molecule has 5 heteroatoms. The Balaban J connectivity index is 3.31. The average Bonchev–Trinajstić information content (AvgIpc) is 2.08. The second kappa shape index (κ2) is 7.32. The van der Waals surface area contributed by atoms with E-state index in [9.17, 15) is 9.59 Å². The number of hydrogen-bond donors (Lipinski definition) is 2. The fourth-order valence-corrected chi connectivity index (χ4v) is 0.808. The lowest BCUT2D eigenvalue weighted by Gasteiger charge is -2.04. The molecule has 0 aromatic rings. The molecular formula is C9H16O5. The Morgan fingerprint density at radius 3 is 2.50 bits per heavy atom. The maximum atomic E-state index is 10.9. The van der Waals surface area contributed by atoms with Gasteiger partial charge < -0.3 is 14.9 Å². The number of esters is 1. The zero-order valence-corrected chi connectivity index (χ0v) is 8.23. The molecule has 0 aromatic carbocycles. The molecule has 0 saturated carbocycles. The van der Waals surface area contributed by atoms with Crippen molar-refractivity contribution in [1.82, 2.24) is 0 Å². The molecule has 0 fully saturated rings. The minimum Gasteiger partial charge on any atom is -0.481 e. The van der Waals surface area contributed by atoms with Crippen LogP contribution >= 0.6 is 0 Å². The van der Waals surface area contributed by atoms with E-state index >= 15 is 0 Å². The molecule has 1 atom stereocenters. The van der Waals surface area contributed by atoms with E-state index in [4.69, 9.17) is 14.9 Å². The van der Waals surface area contributed by atoms with Gasteiger partial charge in [0.15, 0.2) is 0 Å². The molecule has 0 radical (unpaired) electrons. The monoisotopic (exact) mass is 204 g/mol. The zero-order chi connectivity index (χ0) is 11.0. The number of carboxylic acids is 1. The van der Waals surface area contributed by atoms with E-state index in [1.807, 2.05) is 0 Å². The number of carbonyl (C=O) groups is 2. The topological polar surface area (TPSA) is 83.8 Å². The van der Waals surface area contributed by atoms with Crippen LogP contribution in [0.4, 0.5) is 0 Å². The van der Waals surface area contributed by atoms with Crippen LogP contribution in [-0.2, 0) is 14.3 Å². The summed E-state index contributed by atoms with van der Waals surface area (Å²) in [5.74, 6) is -1.29. The molecular weight excluding hydrogens is 188 g/mol. The van der Waals surface area contributed by atoms with Crippen LogP contribution in [-0.4, -0.2) is 34.9 Å². The van der Waals surface area contributed by atoms with Crippen molar-refractivity contribution in [3.8, 4) is 0 Å². The molecule has 0 aliphatic heterocycles. The molecule has 14 heavy (non-hydrogen) atoms. The minimum absolute atomic E-state index is 0.00365. The van der Waals surface area contributed by atoms with Crippen LogP contribution in [0, 0.1) is 0 Å². The van der Waals surface area contributed by atoms with Crippen LogP contribution in [0.3, 0.4) is 0 Å². The number of rotatable bonds is 7. The lowest BCUT2D eigenvalue weighted by Crippen LogP contribution is -2.10. The summed E-state index contributed by atoms with van der Waals surface area (Å²) in [6.45, 7) is 1.72. The van der Waals surface area contributed by atoms with E-state index in [0.717, 1.165) is 0 Å². The Hall–Kier alpha value is -1.10. The molecule has 0 aliphatic rings. The maximum absolute atomic E-state index is 10.9. The van der Waals surface area contributed by atoms with Crippen molar-refractivity contribution in [2.24, 2.45) is 0 Å². The van der Waals surface area contributed by atoms with E-state index in [0.29, 0.717) is 12.8 Å². The SMILES string of the molecule is CC(O)CCC(=O)OCCCC(=O)O. The van der Waals surface area contributed by atoms with Gasteiger partial charge in [-0.2, -0.15) is 0 Å². The van der Waals surface area contributed by atoms with Crippen LogP contribution in [0.15, 0.2) is 0 Å². The fourth-order valence-electron chi connectivity index (χ4n) is 0.808. The van der Waals surface area contributed by atoms with Gasteiger partial charge in [0.05, 0.1) is 12.7 Å². The first kappa shape index (κ1) is 12.9. The molecule has 0 heterocycles. The summed E-state index contributed by atoms with van der Waals surface area (Å²) < 4.78 is 4.73. The first-order chi connectivity index (χ1) is 6.52. The standard InChI is InChI=1S/C9H16O5/c1-7(10)4-5-9(13)14-6-2-3-8(11)12/h7,10H,2-6H2,1H3,(H,11,12). The van der Waals surface area contributed by atoms with Crippen molar-refractivity contribution in [1.29, 1.82) is 0 Å². The van der Waals surface area contributed by atoms with Gasteiger partial charge >= 0.3 is 11.9 Å². The lowest BCUT2D eigenvalue weighted by molar-refractivity contribution is -0.146. The predicted molar refractivity (Wildman–Crippen MR) is 48.7 cm³/mol. The van der Waals surface area contributed by atoms with Gasteiger partial charge in [0.1, 0.15) is 0 Å². The highest BCUT2D eigenvalue weighted by molar-refractivity contribution is 5.69. The Morgan fingerprint density at radius 2 is 2.00 bits per heavy atom. The molecule has 0 rings (SSSR count). The summed E-state index contributed by atoms with van der Waals surface area (Å²) >= 11 is 0. The number of aliphatic carboxylic acids is 1. The summed E-state index contributed by atoms with van der Waals surface area (Å²) in [5, 5.41) is 17.1. The van der Waals surface area contributed by atoms with E-state index < -0.39 is 18.0 Å². The number of carboxylic acid groups (broad SMARTS) is 1. The van der Waals surface area contributed by atoms with Gasteiger partial charge in [-0.3, -0.25) is 9.59 Å². The minimum atomic E-state index is -0.898. The van der Waals surface area contributed by atoms with Gasteiger partial charge in [-0.25, -0.2) is 0 Å². The number of aliphatic hydroxyl groups is 1. The largest absolute Gasteiger partial charge is 0.481 e. The first-order valence-electron chi connectivity index (χ1n) is 4.58. The second-order valence-electron chi connectivity index (χ2n) is 3.11. The van der Waals surface area contributed by atoms with Crippen molar-refractivity contribution in [3.63, 3.8) is 0 Å². The maximum Gasteiger partial charge on any atom is 0.305 e. The third-order valence-electron chi connectivity index (χ3n) is 1.56. The van der Waals surface area contributed by atoms with Crippen molar-refractivity contribution < 1.29 is 24.5 Å². The molecule has 0 spiro atoms. The van der Waals surface area contributed by atoms with E-state index in [-0.39, 0.29) is 19.4 Å². The predicted octanol–water partition coefficient (Wildman–Crippen LogP) is 0.555. The lowest BCUT2D eigenvalue weighted by atomic mass is 10.2. The zero-order valence-electron chi connectivity index (χ0n) is 8.23. The average molecular weight is 204 g/mol. The summed E-state index contributed by atoms with van der Waals surface area (Å²) in [5.41, 5.74) is 0. The molecule has 2 N–H and O–H groups in total. The molecule has 1 unspecified atom stereocenters. The quantitative estimate of drug-likeness (QED) is 0.467. The molecule has 5 nitrogen and oxygen atoms in total. The highest BCUT2D eigenvalue weighted by atomic mass is 16.5. The fraction of sp³-hybridized carbons (Fsp3) is 0.778. The molecule has 0 aromatic heterocycles. The number of hydrogen-bond acceptors (Lipinski definition) is 4. The molecule has 82 valence electrons. The molecule has 0 aliphatic carbocycles. The molecule has 0 saturated heterocycles. The van der Waals surface area contributed by atoms with Crippen LogP contribution < -0.4 is 0 Å². The Kier molecular flexibility index (Phi) is 6.74. The van der Waals surface area contributed by atoms with Gasteiger partial charge in [-0.15, -0.1) is 0 Å². The number of carbonyl (C=O) groups excluding carboxylic acids is 1.